The van der Waals surface area contributed by atoms with Crippen LogP contribution in [0.5, 0.6) is 0 Å². The Kier molecular flexibility index (Phi) is 4.21. The maximum Gasteiger partial charge on any atom is 0.290 e. The van der Waals surface area contributed by atoms with Crippen molar-refractivity contribution in [2.75, 3.05) is 13.2 Å². The van der Waals surface area contributed by atoms with Crippen LogP contribution in [0.1, 0.15) is 40.1 Å². The van der Waals surface area contributed by atoms with E-state index in [1.165, 1.54) is 0 Å². The van der Waals surface area contributed by atoms with Gasteiger partial charge in [-0.25, -0.2) is 4.98 Å². The number of imidazole rings is 1. The molecule has 8 heteroatoms. The Labute approximate surface area is 150 Å². The lowest BCUT2D eigenvalue weighted by molar-refractivity contribution is 0.0734. The Balaban J connectivity index is 1.60. The topological polar surface area (TPSA) is 107 Å². The SMILES string of the molecule is Cc1ccc2nc(C(=O)N3CCCn4nc(C(O)CO)cc4C3)[nH]c2c1. The van der Waals surface area contributed by atoms with Gasteiger partial charge in [0.15, 0.2) is 5.82 Å². The minimum atomic E-state index is -1.00. The summed E-state index contributed by atoms with van der Waals surface area (Å²) >= 11 is 0. The standard InChI is InChI=1S/C18H21N5O3/c1-11-3-4-13-14(7-11)20-17(19-13)18(26)22-5-2-6-23-12(9-22)8-15(21-23)16(25)10-24/h3-4,7-8,16,24-25H,2,5-6,9-10H2,1H3,(H,19,20). The van der Waals surface area contributed by atoms with Gasteiger partial charge in [-0.3, -0.25) is 9.48 Å². The number of aliphatic hydroxyl groups is 2. The van der Waals surface area contributed by atoms with E-state index >= 15 is 0 Å². The zero-order chi connectivity index (χ0) is 18.3. The van der Waals surface area contributed by atoms with E-state index in [1.807, 2.05) is 25.1 Å². The fourth-order valence-electron chi connectivity index (χ4n) is 3.29. The van der Waals surface area contributed by atoms with E-state index in [1.54, 1.807) is 15.6 Å². The van der Waals surface area contributed by atoms with Crippen LogP contribution in [0.25, 0.3) is 11.0 Å². The zero-order valence-electron chi connectivity index (χ0n) is 14.5. The number of nitrogens with one attached hydrogen (secondary N) is 1. The number of H-pyrrole nitrogens is 1. The minimum Gasteiger partial charge on any atom is -0.393 e. The summed E-state index contributed by atoms with van der Waals surface area (Å²) in [5, 5.41) is 23.2. The highest BCUT2D eigenvalue weighted by Crippen LogP contribution is 2.20. The second kappa shape index (κ2) is 6.54. The van der Waals surface area contributed by atoms with E-state index in [2.05, 4.69) is 15.1 Å². The number of rotatable bonds is 3. The molecule has 0 aliphatic carbocycles. The van der Waals surface area contributed by atoms with Gasteiger partial charge in [0, 0.05) is 13.1 Å². The van der Waals surface area contributed by atoms with Crippen molar-refractivity contribution >= 4 is 16.9 Å². The molecule has 3 aromatic rings. The molecule has 0 saturated heterocycles. The lowest BCUT2D eigenvalue weighted by atomic mass is 10.2. The van der Waals surface area contributed by atoms with Gasteiger partial charge < -0.3 is 20.1 Å². The fourth-order valence-corrected chi connectivity index (χ4v) is 3.29. The van der Waals surface area contributed by atoms with Crippen molar-refractivity contribution in [3.8, 4) is 0 Å². The van der Waals surface area contributed by atoms with Crippen molar-refractivity contribution in [3.05, 3.63) is 47.0 Å². The highest BCUT2D eigenvalue weighted by atomic mass is 16.3. The number of aromatic nitrogens is 4. The number of amides is 1. The molecule has 0 fully saturated rings. The molecule has 26 heavy (non-hydrogen) atoms. The number of aliphatic hydroxyl groups excluding tert-OH is 2. The minimum absolute atomic E-state index is 0.155. The zero-order valence-corrected chi connectivity index (χ0v) is 14.5. The van der Waals surface area contributed by atoms with Gasteiger partial charge in [-0.05, 0) is 37.1 Å². The first-order valence-electron chi connectivity index (χ1n) is 8.66. The Morgan fingerprint density at radius 3 is 3.00 bits per heavy atom. The van der Waals surface area contributed by atoms with E-state index in [-0.39, 0.29) is 12.5 Å². The maximum atomic E-state index is 12.9. The lowest BCUT2D eigenvalue weighted by Gasteiger charge is -2.18. The van der Waals surface area contributed by atoms with E-state index in [9.17, 15) is 9.90 Å². The van der Waals surface area contributed by atoms with Crippen LogP contribution < -0.4 is 0 Å². The Bertz CT molecular complexity index is 961. The molecule has 1 unspecified atom stereocenters. The monoisotopic (exact) mass is 355 g/mol. The molecule has 3 N–H and O–H groups in total. The van der Waals surface area contributed by atoms with E-state index in [0.29, 0.717) is 31.2 Å². The molecule has 4 rings (SSSR count). The lowest BCUT2D eigenvalue weighted by Crippen LogP contribution is -2.31. The predicted octanol–water partition coefficient (Wildman–Crippen LogP) is 1.14. The van der Waals surface area contributed by atoms with Gasteiger partial charge in [0.25, 0.3) is 5.91 Å². The Hall–Kier alpha value is -2.71. The highest BCUT2D eigenvalue weighted by Gasteiger charge is 2.25. The normalized spacial score (nSPS) is 15.7. The van der Waals surface area contributed by atoms with Crippen LogP contribution in [0, 0.1) is 6.92 Å². The molecule has 1 aliphatic rings. The quantitative estimate of drug-likeness (QED) is 0.653. The number of hydrogen-bond donors (Lipinski definition) is 3. The van der Waals surface area contributed by atoms with Gasteiger partial charge in [0.05, 0.1) is 35.6 Å². The number of benzene rings is 1. The summed E-state index contributed by atoms with van der Waals surface area (Å²) < 4.78 is 1.80. The number of aryl methyl sites for hydroxylation is 2. The predicted molar refractivity (Wildman–Crippen MR) is 94.5 cm³/mol. The van der Waals surface area contributed by atoms with Gasteiger partial charge in [0.2, 0.25) is 0 Å². The summed E-state index contributed by atoms with van der Waals surface area (Å²) in [5.41, 5.74) is 3.99. The highest BCUT2D eigenvalue weighted by molar-refractivity contribution is 5.94. The average Bonchev–Trinajstić information content (AvgIpc) is 3.18. The molecule has 8 nitrogen and oxygen atoms in total. The Morgan fingerprint density at radius 2 is 2.19 bits per heavy atom. The van der Waals surface area contributed by atoms with Crippen molar-refractivity contribution in [2.45, 2.75) is 32.5 Å². The molecule has 0 radical (unpaired) electrons. The molecule has 1 aromatic carbocycles. The van der Waals surface area contributed by atoms with Crippen molar-refractivity contribution in [1.29, 1.82) is 0 Å². The van der Waals surface area contributed by atoms with Gasteiger partial charge in [-0.2, -0.15) is 5.10 Å². The number of aromatic amines is 1. The van der Waals surface area contributed by atoms with Crippen molar-refractivity contribution in [3.63, 3.8) is 0 Å². The third-order valence-corrected chi connectivity index (χ3v) is 4.67. The van der Waals surface area contributed by atoms with Gasteiger partial charge in [-0.1, -0.05) is 6.07 Å². The van der Waals surface area contributed by atoms with Crippen LogP contribution in [0.2, 0.25) is 0 Å². The van der Waals surface area contributed by atoms with Crippen molar-refractivity contribution in [1.82, 2.24) is 24.6 Å². The molecule has 0 bridgehead atoms. The Morgan fingerprint density at radius 1 is 1.35 bits per heavy atom. The molecule has 1 amide bonds. The van der Waals surface area contributed by atoms with Crippen LogP contribution in [-0.2, 0) is 13.1 Å². The summed E-state index contributed by atoms with van der Waals surface area (Å²) in [6, 6.07) is 7.58. The van der Waals surface area contributed by atoms with Gasteiger partial charge in [-0.15, -0.1) is 0 Å². The van der Waals surface area contributed by atoms with E-state index in [4.69, 9.17) is 5.11 Å². The second-order valence-electron chi connectivity index (χ2n) is 6.67. The number of carbonyl (C=O) groups excluding carboxylic acids is 1. The van der Waals surface area contributed by atoms with Gasteiger partial charge in [0.1, 0.15) is 6.10 Å². The summed E-state index contributed by atoms with van der Waals surface area (Å²) in [4.78, 5) is 22.2. The molecule has 2 aromatic heterocycles. The molecule has 1 atom stereocenters. The summed E-state index contributed by atoms with van der Waals surface area (Å²) in [6.07, 6.45) is -0.244. The molecule has 3 heterocycles. The summed E-state index contributed by atoms with van der Waals surface area (Å²) in [5.74, 6) is 0.173. The first kappa shape index (κ1) is 16.7. The number of nitrogens with zero attached hydrogens (tertiary/aromatic N) is 4. The van der Waals surface area contributed by atoms with E-state index in [0.717, 1.165) is 28.7 Å². The first-order chi connectivity index (χ1) is 12.5. The van der Waals surface area contributed by atoms with Crippen LogP contribution in [0.3, 0.4) is 0 Å². The molecular formula is C18H21N5O3. The largest absolute Gasteiger partial charge is 0.393 e. The van der Waals surface area contributed by atoms with Crippen LogP contribution in [-0.4, -0.2) is 53.9 Å². The molecular weight excluding hydrogens is 334 g/mol. The van der Waals surface area contributed by atoms with E-state index < -0.39 is 6.10 Å². The maximum absolute atomic E-state index is 12.9. The molecule has 0 spiro atoms. The smallest absolute Gasteiger partial charge is 0.290 e. The molecule has 136 valence electrons. The van der Waals surface area contributed by atoms with Crippen molar-refractivity contribution in [2.24, 2.45) is 0 Å². The average molecular weight is 355 g/mol. The van der Waals surface area contributed by atoms with Crippen LogP contribution in [0.4, 0.5) is 0 Å². The summed E-state index contributed by atoms with van der Waals surface area (Å²) in [7, 11) is 0. The molecule has 0 saturated carbocycles. The third kappa shape index (κ3) is 2.97. The van der Waals surface area contributed by atoms with Crippen LogP contribution >= 0.6 is 0 Å². The van der Waals surface area contributed by atoms with Crippen molar-refractivity contribution < 1.29 is 15.0 Å². The first-order valence-corrected chi connectivity index (χ1v) is 8.66. The molecule has 1 aliphatic heterocycles. The third-order valence-electron chi connectivity index (χ3n) is 4.67. The number of hydrogen-bond acceptors (Lipinski definition) is 5. The van der Waals surface area contributed by atoms with Gasteiger partial charge >= 0.3 is 0 Å². The number of fused-ring (bicyclic) bond motifs is 2. The number of carbonyl (C=O) groups is 1. The van der Waals surface area contributed by atoms with Crippen LogP contribution in [0.15, 0.2) is 24.3 Å². The second-order valence-corrected chi connectivity index (χ2v) is 6.67. The summed E-state index contributed by atoms with van der Waals surface area (Å²) in [6.45, 7) is 3.28. The fraction of sp³-hybridized carbons (Fsp3) is 0.389.